The maximum absolute atomic E-state index is 5.95. The molecule has 1 nitrogen and oxygen atoms in total. The van der Waals surface area contributed by atoms with E-state index in [0.29, 0.717) is 20.6 Å². The molecule has 4 heteroatoms. The van der Waals surface area contributed by atoms with Crippen LogP contribution in [0.1, 0.15) is 12.5 Å². The summed E-state index contributed by atoms with van der Waals surface area (Å²) >= 11 is 17.0. The van der Waals surface area contributed by atoms with Gasteiger partial charge in [0.25, 0.3) is 0 Å². The number of benzene rings is 1. The van der Waals surface area contributed by atoms with E-state index >= 15 is 0 Å². The van der Waals surface area contributed by atoms with Crippen LogP contribution in [0.25, 0.3) is 0 Å². The minimum absolute atomic E-state index is 0.582. The maximum Gasteiger partial charge on any atom is 0.109 e. The van der Waals surface area contributed by atoms with Gasteiger partial charge in [0.2, 0.25) is 0 Å². The Morgan fingerprint density at radius 3 is 2.38 bits per heavy atom. The standard InChI is InChI=1S/C9H9Cl2NS/c1-2-12-9(13)8-6(10)4-3-5-7(8)11/h3-5H,2H2,1H3,(H,12,13). The fraction of sp³-hybridized carbons (Fsp3) is 0.222. The van der Waals surface area contributed by atoms with Crippen LogP contribution >= 0.6 is 35.4 Å². The van der Waals surface area contributed by atoms with E-state index in [1.807, 2.05) is 6.92 Å². The predicted octanol–water partition coefficient (Wildman–Crippen LogP) is 3.28. The topological polar surface area (TPSA) is 12.0 Å². The predicted molar refractivity (Wildman–Crippen MR) is 61.8 cm³/mol. The highest BCUT2D eigenvalue weighted by Crippen LogP contribution is 2.24. The lowest BCUT2D eigenvalue weighted by atomic mass is 10.2. The molecular weight excluding hydrogens is 225 g/mol. The molecule has 0 unspecified atom stereocenters. The van der Waals surface area contributed by atoms with Crippen LogP contribution in [-0.2, 0) is 0 Å². The fourth-order valence-electron chi connectivity index (χ4n) is 0.964. The Balaban J connectivity index is 3.05. The van der Waals surface area contributed by atoms with Gasteiger partial charge in [0, 0.05) is 12.1 Å². The highest BCUT2D eigenvalue weighted by Gasteiger charge is 2.09. The van der Waals surface area contributed by atoms with Crippen LogP contribution in [0.4, 0.5) is 0 Å². The van der Waals surface area contributed by atoms with Crippen molar-refractivity contribution in [2.45, 2.75) is 6.92 Å². The first-order valence-electron chi connectivity index (χ1n) is 3.89. The number of hydrogen-bond acceptors (Lipinski definition) is 1. The van der Waals surface area contributed by atoms with Crippen LogP contribution in [0.5, 0.6) is 0 Å². The summed E-state index contributed by atoms with van der Waals surface area (Å²) in [6.45, 7) is 2.73. The Morgan fingerprint density at radius 2 is 1.92 bits per heavy atom. The Morgan fingerprint density at radius 1 is 1.38 bits per heavy atom. The molecule has 0 heterocycles. The van der Waals surface area contributed by atoms with Crippen LogP contribution in [0.15, 0.2) is 18.2 Å². The maximum atomic E-state index is 5.95. The Labute approximate surface area is 93.0 Å². The third kappa shape index (κ3) is 2.56. The van der Waals surface area contributed by atoms with Gasteiger partial charge in [-0.2, -0.15) is 0 Å². The van der Waals surface area contributed by atoms with E-state index in [0.717, 1.165) is 6.54 Å². The average molecular weight is 234 g/mol. The van der Waals surface area contributed by atoms with Crippen LogP contribution in [-0.4, -0.2) is 11.5 Å². The van der Waals surface area contributed by atoms with Crippen LogP contribution in [0.2, 0.25) is 10.0 Å². The van der Waals surface area contributed by atoms with Gasteiger partial charge in [0.05, 0.1) is 10.0 Å². The third-order valence-electron chi connectivity index (χ3n) is 1.53. The minimum Gasteiger partial charge on any atom is -0.376 e. The highest BCUT2D eigenvalue weighted by molar-refractivity contribution is 7.80. The first-order valence-corrected chi connectivity index (χ1v) is 5.05. The molecule has 1 N–H and O–H groups in total. The van der Waals surface area contributed by atoms with Crippen LogP contribution < -0.4 is 5.32 Å². The molecule has 0 bridgehead atoms. The molecule has 0 saturated heterocycles. The fourth-order valence-corrected chi connectivity index (χ4v) is 2.03. The molecule has 70 valence electrons. The summed E-state index contributed by atoms with van der Waals surface area (Å²) in [7, 11) is 0. The molecule has 0 spiro atoms. The van der Waals surface area contributed by atoms with E-state index in [9.17, 15) is 0 Å². The van der Waals surface area contributed by atoms with E-state index < -0.39 is 0 Å². The van der Waals surface area contributed by atoms with Gasteiger partial charge in [0.15, 0.2) is 0 Å². The van der Waals surface area contributed by atoms with Crippen molar-refractivity contribution in [3.63, 3.8) is 0 Å². The number of rotatable bonds is 2. The SMILES string of the molecule is CCNC(=S)c1c(Cl)cccc1Cl. The summed E-state index contributed by atoms with van der Waals surface area (Å²) in [5.41, 5.74) is 0.711. The first kappa shape index (κ1) is 10.8. The smallest absolute Gasteiger partial charge is 0.109 e. The zero-order chi connectivity index (χ0) is 9.84. The monoisotopic (exact) mass is 233 g/mol. The molecule has 1 aromatic rings. The molecule has 0 aliphatic heterocycles. The molecule has 0 radical (unpaired) electrons. The van der Waals surface area contributed by atoms with Crippen molar-refractivity contribution in [1.29, 1.82) is 0 Å². The largest absolute Gasteiger partial charge is 0.376 e. The number of halogens is 2. The molecule has 0 aliphatic carbocycles. The molecule has 1 rings (SSSR count). The van der Waals surface area contributed by atoms with Gasteiger partial charge >= 0.3 is 0 Å². The van der Waals surface area contributed by atoms with Crippen LogP contribution in [0.3, 0.4) is 0 Å². The second-order valence-corrected chi connectivity index (χ2v) is 3.68. The van der Waals surface area contributed by atoms with Gasteiger partial charge in [-0.15, -0.1) is 0 Å². The lowest BCUT2D eigenvalue weighted by molar-refractivity contribution is 0.983. The van der Waals surface area contributed by atoms with Gasteiger partial charge in [-0.1, -0.05) is 41.5 Å². The van der Waals surface area contributed by atoms with Gasteiger partial charge in [-0.3, -0.25) is 0 Å². The molecule has 13 heavy (non-hydrogen) atoms. The van der Waals surface area contributed by atoms with E-state index in [4.69, 9.17) is 35.4 Å². The first-order chi connectivity index (χ1) is 6.16. The molecule has 0 atom stereocenters. The van der Waals surface area contributed by atoms with E-state index in [2.05, 4.69) is 5.32 Å². The second-order valence-electron chi connectivity index (χ2n) is 2.46. The summed E-state index contributed by atoms with van der Waals surface area (Å²) in [5.74, 6) is 0. The second kappa shape index (κ2) is 4.80. The van der Waals surface area contributed by atoms with Gasteiger partial charge in [-0.25, -0.2) is 0 Å². The zero-order valence-electron chi connectivity index (χ0n) is 7.10. The van der Waals surface area contributed by atoms with Gasteiger partial charge < -0.3 is 5.32 Å². The quantitative estimate of drug-likeness (QED) is 0.788. The molecule has 0 saturated carbocycles. The summed E-state index contributed by atoms with van der Waals surface area (Å²) in [4.78, 5) is 0.595. The molecule has 0 aliphatic rings. The summed E-state index contributed by atoms with van der Waals surface area (Å²) in [6.07, 6.45) is 0. The number of hydrogen-bond donors (Lipinski definition) is 1. The lowest BCUT2D eigenvalue weighted by Gasteiger charge is -2.08. The van der Waals surface area contributed by atoms with Gasteiger partial charge in [-0.05, 0) is 19.1 Å². The van der Waals surface area contributed by atoms with Crippen molar-refractivity contribution < 1.29 is 0 Å². The Bertz CT molecular complexity index is 305. The van der Waals surface area contributed by atoms with Crippen molar-refractivity contribution in [2.75, 3.05) is 6.54 Å². The molecule has 0 fully saturated rings. The van der Waals surface area contributed by atoms with Crippen molar-refractivity contribution in [3.05, 3.63) is 33.8 Å². The Kier molecular flexibility index (Phi) is 3.97. The van der Waals surface area contributed by atoms with Crippen molar-refractivity contribution in [2.24, 2.45) is 0 Å². The number of thiocarbonyl (C=S) groups is 1. The molecule has 0 aromatic heterocycles. The van der Waals surface area contributed by atoms with Crippen molar-refractivity contribution in [3.8, 4) is 0 Å². The molecular formula is C9H9Cl2NS. The summed E-state index contributed by atoms with van der Waals surface area (Å²) in [5, 5.41) is 4.17. The highest BCUT2D eigenvalue weighted by atomic mass is 35.5. The normalized spacial score (nSPS) is 9.77. The van der Waals surface area contributed by atoms with E-state index in [1.165, 1.54) is 0 Å². The van der Waals surface area contributed by atoms with E-state index in [-0.39, 0.29) is 0 Å². The third-order valence-corrected chi connectivity index (χ3v) is 2.51. The minimum atomic E-state index is 0.582. The molecule has 0 amide bonds. The summed E-state index contributed by atoms with van der Waals surface area (Å²) in [6, 6.07) is 5.33. The van der Waals surface area contributed by atoms with Crippen molar-refractivity contribution >= 4 is 40.4 Å². The number of nitrogens with one attached hydrogen (secondary N) is 1. The van der Waals surface area contributed by atoms with Gasteiger partial charge in [0.1, 0.15) is 4.99 Å². The van der Waals surface area contributed by atoms with Crippen molar-refractivity contribution in [1.82, 2.24) is 5.32 Å². The summed E-state index contributed by atoms with van der Waals surface area (Å²) < 4.78 is 0. The average Bonchev–Trinajstić information content (AvgIpc) is 2.04. The van der Waals surface area contributed by atoms with E-state index in [1.54, 1.807) is 18.2 Å². The molecule has 1 aromatic carbocycles. The zero-order valence-corrected chi connectivity index (χ0v) is 9.43. The van der Waals surface area contributed by atoms with Crippen LogP contribution in [0, 0.1) is 0 Å². The Hall–Kier alpha value is -0.310. The lowest BCUT2D eigenvalue weighted by Crippen LogP contribution is -2.22.